The van der Waals surface area contributed by atoms with Gasteiger partial charge in [0.25, 0.3) is 0 Å². The average Bonchev–Trinajstić information content (AvgIpc) is 3.25. The summed E-state index contributed by atoms with van der Waals surface area (Å²) < 4.78 is 2.13. The van der Waals surface area contributed by atoms with Crippen LogP contribution in [0.25, 0.3) is 32.3 Å². The second kappa shape index (κ2) is 6.33. The van der Waals surface area contributed by atoms with Crippen LogP contribution in [0, 0.1) is 0 Å². The average molecular weight is 353 g/mol. The molecule has 0 unspecified atom stereocenters. The fraction of sp³-hybridized carbons (Fsp3) is 0.176. The second-order valence-electron chi connectivity index (χ2n) is 5.15. The number of imidazole rings is 1. The minimum Gasteiger partial charge on any atom is -0.328 e. The van der Waals surface area contributed by atoms with Crippen molar-refractivity contribution in [3.05, 3.63) is 43.0 Å². The first-order valence-electron chi connectivity index (χ1n) is 7.58. The first kappa shape index (κ1) is 15.3. The molecule has 0 saturated carbocycles. The molecule has 4 rings (SSSR count). The molecule has 0 atom stereocenters. The zero-order valence-electron chi connectivity index (χ0n) is 13.3. The molecule has 120 valence electrons. The molecule has 0 bridgehead atoms. The van der Waals surface area contributed by atoms with Gasteiger partial charge in [0, 0.05) is 12.1 Å². The van der Waals surface area contributed by atoms with Crippen LogP contribution in [0.5, 0.6) is 0 Å². The van der Waals surface area contributed by atoms with Crippen molar-refractivity contribution in [1.82, 2.24) is 24.5 Å². The molecule has 0 aliphatic heterocycles. The summed E-state index contributed by atoms with van der Waals surface area (Å²) in [6.45, 7) is 2.95. The zero-order valence-corrected chi connectivity index (χ0v) is 14.9. The number of rotatable bonds is 4. The van der Waals surface area contributed by atoms with E-state index in [0.717, 1.165) is 43.9 Å². The molecule has 3 heterocycles. The maximum absolute atomic E-state index is 4.83. The Balaban J connectivity index is 1.95. The summed E-state index contributed by atoms with van der Waals surface area (Å²) in [5.74, 6) is 0. The topological polar surface area (TPSA) is 56.5 Å². The summed E-state index contributed by atoms with van der Waals surface area (Å²) in [6.07, 6.45) is 5.49. The number of aromatic nitrogens is 5. The molecule has 0 saturated heterocycles. The Bertz CT molecular complexity index is 991. The quantitative estimate of drug-likeness (QED) is 0.403. The summed E-state index contributed by atoms with van der Waals surface area (Å²) in [6, 6.07) is 10.2. The van der Waals surface area contributed by atoms with E-state index < -0.39 is 0 Å². The molecule has 0 aliphatic carbocycles. The van der Waals surface area contributed by atoms with Crippen LogP contribution in [0.15, 0.2) is 48.0 Å². The lowest BCUT2D eigenvalue weighted by Crippen LogP contribution is -1.95. The standard InChI is InChI=1S/C17H15N5S2/c1-3-22-10-20-12(11-7-5-4-6-8-11)14(22)17-21-13-15(23-2)18-9-19-16(13)24-17/h4-10H,3H2,1-2H3. The van der Waals surface area contributed by atoms with Crippen LogP contribution in [0.4, 0.5) is 0 Å². The van der Waals surface area contributed by atoms with Crippen molar-refractivity contribution in [3.8, 4) is 22.0 Å². The molecule has 0 N–H and O–H groups in total. The highest BCUT2D eigenvalue weighted by Gasteiger charge is 2.19. The maximum atomic E-state index is 4.83. The van der Waals surface area contributed by atoms with Gasteiger partial charge in [-0.2, -0.15) is 0 Å². The van der Waals surface area contributed by atoms with Crippen LogP contribution in [0.1, 0.15) is 6.92 Å². The first-order valence-corrected chi connectivity index (χ1v) is 9.62. The third-order valence-electron chi connectivity index (χ3n) is 3.78. The number of aryl methyl sites for hydroxylation is 1. The monoisotopic (exact) mass is 353 g/mol. The van der Waals surface area contributed by atoms with Gasteiger partial charge in [-0.15, -0.1) is 11.8 Å². The van der Waals surface area contributed by atoms with Crippen LogP contribution in [-0.4, -0.2) is 30.8 Å². The van der Waals surface area contributed by atoms with E-state index in [1.807, 2.05) is 30.8 Å². The van der Waals surface area contributed by atoms with Crippen molar-refractivity contribution in [2.24, 2.45) is 0 Å². The predicted molar refractivity (Wildman–Crippen MR) is 99.3 cm³/mol. The largest absolute Gasteiger partial charge is 0.328 e. The van der Waals surface area contributed by atoms with E-state index in [1.54, 1.807) is 29.4 Å². The van der Waals surface area contributed by atoms with Gasteiger partial charge in [-0.1, -0.05) is 41.7 Å². The number of hydrogen-bond acceptors (Lipinski definition) is 6. The van der Waals surface area contributed by atoms with Crippen LogP contribution >= 0.6 is 23.1 Å². The number of nitrogens with zero attached hydrogens (tertiary/aromatic N) is 5. The number of fused-ring (bicyclic) bond motifs is 1. The lowest BCUT2D eigenvalue weighted by atomic mass is 10.1. The summed E-state index contributed by atoms with van der Waals surface area (Å²) >= 11 is 3.18. The molecule has 3 aromatic heterocycles. The Hall–Kier alpha value is -2.25. The maximum Gasteiger partial charge on any atom is 0.148 e. The first-order chi connectivity index (χ1) is 11.8. The van der Waals surface area contributed by atoms with E-state index in [9.17, 15) is 0 Å². The molecule has 0 amide bonds. The third kappa shape index (κ3) is 2.50. The van der Waals surface area contributed by atoms with Crippen molar-refractivity contribution in [2.75, 3.05) is 6.26 Å². The lowest BCUT2D eigenvalue weighted by Gasteiger charge is -2.05. The number of hydrogen-bond donors (Lipinski definition) is 0. The van der Waals surface area contributed by atoms with Gasteiger partial charge in [-0.05, 0) is 13.2 Å². The third-order valence-corrected chi connectivity index (χ3v) is 5.44. The van der Waals surface area contributed by atoms with Gasteiger partial charge in [0.2, 0.25) is 0 Å². The molecule has 0 spiro atoms. The molecule has 5 nitrogen and oxygen atoms in total. The van der Waals surface area contributed by atoms with E-state index in [-0.39, 0.29) is 0 Å². The van der Waals surface area contributed by atoms with Crippen molar-refractivity contribution in [3.63, 3.8) is 0 Å². The van der Waals surface area contributed by atoms with Gasteiger partial charge in [0.05, 0.1) is 12.0 Å². The Labute approximate surface area is 147 Å². The van der Waals surface area contributed by atoms with Crippen LogP contribution in [0.2, 0.25) is 0 Å². The Morgan fingerprint density at radius 2 is 1.96 bits per heavy atom. The number of thioether (sulfide) groups is 1. The highest BCUT2D eigenvalue weighted by atomic mass is 32.2. The summed E-state index contributed by atoms with van der Waals surface area (Å²) in [4.78, 5) is 19.1. The van der Waals surface area contributed by atoms with Gasteiger partial charge < -0.3 is 4.57 Å². The van der Waals surface area contributed by atoms with Gasteiger partial charge in [-0.25, -0.2) is 19.9 Å². The van der Waals surface area contributed by atoms with E-state index in [4.69, 9.17) is 4.98 Å². The van der Waals surface area contributed by atoms with Crippen molar-refractivity contribution in [1.29, 1.82) is 0 Å². The Morgan fingerprint density at radius 3 is 2.71 bits per heavy atom. The summed E-state index contributed by atoms with van der Waals surface area (Å²) in [5, 5.41) is 1.84. The van der Waals surface area contributed by atoms with Crippen LogP contribution < -0.4 is 0 Å². The van der Waals surface area contributed by atoms with E-state index in [1.165, 1.54) is 0 Å². The summed E-state index contributed by atoms with van der Waals surface area (Å²) in [7, 11) is 0. The molecular formula is C17H15N5S2. The molecule has 1 aromatic carbocycles. The molecule has 4 aromatic rings. The lowest BCUT2D eigenvalue weighted by molar-refractivity contribution is 0.768. The van der Waals surface area contributed by atoms with Gasteiger partial charge in [0.15, 0.2) is 0 Å². The molecule has 7 heteroatoms. The second-order valence-corrected chi connectivity index (χ2v) is 6.92. The Morgan fingerprint density at radius 1 is 1.12 bits per heavy atom. The fourth-order valence-corrected chi connectivity index (χ4v) is 4.16. The van der Waals surface area contributed by atoms with Crippen LogP contribution in [0.3, 0.4) is 0 Å². The van der Waals surface area contributed by atoms with Crippen molar-refractivity contribution < 1.29 is 0 Å². The normalized spacial score (nSPS) is 11.2. The van der Waals surface area contributed by atoms with Crippen LogP contribution in [-0.2, 0) is 6.54 Å². The Kier molecular flexibility index (Phi) is 4.03. The van der Waals surface area contributed by atoms with Gasteiger partial charge >= 0.3 is 0 Å². The molecule has 0 fully saturated rings. The number of thiazole rings is 1. The van der Waals surface area contributed by atoms with E-state index >= 15 is 0 Å². The van der Waals surface area contributed by atoms with Gasteiger partial charge in [-0.3, -0.25) is 0 Å². The van der Waals surface area contributed by atoms with Crippen molar-refractivity contribution in [2.45, 2.75) is 18.5 Å². The zero-order chi connectivity index (χ0) is 16.5. The number of benzene rings is 1. The molecule has 24 heavy (non-hydrogen) atoms. The highest BCUT2D eigenvalue weighted by Crippen LogP contribution is 2.37. The van der Waals surface area contributed by atoms with E-state index in [2.05, 4.69) is 38.6 Å². The van der Waals surface area contributed by atoms with Crippen molar-refractivity contribution >= 4 is 33.4 Å². The predicted octanol–water partition coefficient (Wildman–Crippen LogP) is 4.36. The fourth-order valence-electron chi connectivity index (χ4n) is 2.64. The molecule has 0 aliphatic rings. The van der Waals surface area contributed by atoms with E-state index in [0.29, 0.717) is 0 Å². The highest BCUT2D eigenvalue weighted by molar-refractivity contribution is 7.98. The molecule has 0 radical (unpaired) electrons. The summed E-state index contributed by atoms with van der Waals surface area (Å²) in [5.41, 5.74) is 3.96. The minimum absolute atomic E-state index is 0.839. The smallest absolute Gasteiger partial charge is 0.148 e. The SMILES string of the molecule is CCn1cnc(-c2ccccc2)c1-c1nc2c(SC)ncnc2s1. The minimum atomic E-state index is 0.839. The van der Waals surface area contributed by atoms with Gasteiger partial charge in [0.1, 0.15) is 32.4 Å². The molecular weight excluding hydrogens is 338 g/mol.